The number of hydrogen-bond acceptors (Lipinski definition) is 4. The Hall–Kier alpha value is -3.32. The second-order valence-electron chi connectivity index (χ2n) is 6.57. The van der Waals surface area contributed by atoms with Gasteiger partial charge < -0.3 is 9.73 Å². The number of furan rings is 1. The van der Waals surface area contributed by atoms with Gasteiger partial charge in [-0.25, -0.2) is 8.42 Å². The van der Waals surface area contributed by atoms with Crippen LogP contribution < -0.4 is 10.0 Å². The molecule has 7 heteroatoms. The Bertz CT molecular complexity index is 1290. The number of carbonyl (C=O) groups excluding carboxylic acids is 1. The molecule has 0 aliphatic rings. The van der Waals surface area contributed by atoms with E-state index in [-0.39, 0.29) is 12.3 Å². The standard InChI is InChI=1S/C21H18N2O4S/c1-28(25,26)23-18-9-5-4-8-17(18)22-20(24)12-15-13-27-19-11-10-14-6-2-3-7-16(14)21(15)19/h2-11,13,23H,12H2,1H3,(H,22,24). The lowest BCUT2D eigenvalue weighted by atomic mass is 10.0. The predicted octanol–water partition coefficient (Wildman–Crippen LogP) is 4.14. The van der Waals surface area contributed by atoms with Crippen molar-refractivity contribution in [1.29, 1.82) is 0 Å². The van der Waals surface area contributed by atoms with E-state index in [1.165, 1.54) is 0 Å². The van der Waals surface area contributed by atoms with Gasteiger partial charge in [0.05, 0.1) is 30.3 Å². The van der Waals surface area contributed by atoms with Gasteiger partial charge in [-0.1, -0.05) is 42.5 Å². The average Bonchev–Trinajstić information content (AvgIpc) is 3.05. The van der Waals surface area contributed by atoms with E-state index in [0.29, 0.717) is 11.4 Å². The third-order valence-electron chi connectivity index (χ3n) is 4.39. The van der Waals surface area contributed by atoms with Crippen LogP contribution in [0.3, 0.4) is 0 Å². The molecule has 4 aromatic rings. The summed E-state index contributed by atoms with van der Waals surface area (Å²) in [5, 5.41) is 5.78. The molecule has 1 heterocycles. The highest BCUT2D eigenvalue weighted by Gasteiger charge is 2.15. The Morgan fingerprint density at radius 1 is 0.964 bits per heavy atom. The first-order valence-electron chi connectivity index (χ1n) is 8.65. The SMILES string of the molecule is CS(=O)(=O)Nc1ccccc1NC(=O)Cc1coc2ccc3ccccc3c12. The van der Waals surface area contributed by atoms with Crippen LogP contribution in [0.5, 0.6) is 0 Å². The molecule has 2 N–H and O–H groups in total. The van der Waals surface area contributed by atoms with Crippen molar-refractivity contribution < 1.29 is 17.6 Å². The zero-order valence-corrected chi connectivity index (χ0v) is 15.9. The van der Waals surface area contributed by atoms with Crippen LogP contribution in [-0.2, 0) is 21.2 Å². The van der Waals surface area contributed by atoms with Gasteiger partial charge in [0.1, 0.15) is 5.58 Å². The molecule has 28 heavy (non-hydrogen) atoms. The summed E-state index contributed by atoms with van der Waals surface area (Å²) in [5.41, 5.74) is 2.22. The van der Waals surface area contributed by atoms with E-state index in [1.54, 1.807) is 30.5 Å². The molecular formula is C21H18N2O4S. The van der Waals surface area contributed by atoms with Gasteiger partial charge >= 0.3 is 0 Å². The molecular weight excluding hydrogens is 376 g/mol. The third-order valence-corrected chi connectivity index (χ3v) is 4.98. The summed E-state index contributed by atoms with van der Waals surface area (Å²) in [4.78, 5) is 12.6. The van der Waals surface area contributed by atoms with E-state index in [9.17, 15) is 13.2 Å². The molecule has 0 fully saturated rings. The average molecular weight is 394 g/mol. The molecule has 3 aromatic carbocycles. The Kier molecular flexibility index (Phi) is 4.52. The molecule has 0 unspecified atom stereocenters. The van der Waals surface area contributed by atoms with Crippen LogP contribution >= 0.6 is 0 Å². The predicted molar refractivity (Wildman–Crippen MR) is 111 cm³/mol. The minimum atomic E-state index is -3.45. The van der Waals surface area contributed by atoms with Gasteiger partial charge in [0.15, 0.2) is 0 Å². The summed E-state index contributed by atoms with van der Waals surface area (Å²) >= 11 is 0. The zero-order valence-electron chi connectivity index (χ0n) is 15.1. The largest absolute Gasteiger partial charge is 0.464 e. The molecule has 6 nitrogen and oxygen atoms in total. The molecule has 0 radical (unpaired) electrons. The minimum Gasteiger partial charge on any atom is -0.464 e. The number of benzene rings is 3. The maximum atomic E-state index is 12.6. The Labute approximate surface area is 162 Å². The van der Waals surface area contributed by atoms with E-state index < -0.39 is 10.0 Å². The van der Waals surface area contributed by atoms with Crippen LogP contribution in [0.25, 0.3) is 21.7 Å². The highest BCUT2D eigenvalue weighted by molar-refractivity contribution is 7.92. The van der Waals surface area contributed by atoms with Gasteiger partial charge in [-0.3, -0.25) is 9.52 Å². The molecule has 0 saturated heterocycles. The quantitative estimate of drug-likeness (QED) is 0.532. The molecule has 0 spiro atoms. The number of nitrogens with one attached hydrogen (secondary N) is 2. The van der Waals surface area contributed by atoms with Crippen molar-refractivity contribution in [3.8, 4) is 0 Å². The molecule has 0 bridgehead atoms. The summed E-state index contributed by atoms with van der Waals surface area (Å²) in [5.74, 6) is -0.265. The zero-order chi connectivity index (χ0) is 19.7. The molecule has 0 aliphatic heterocycles. The highest BCUT2D eigenvalue weighted by atomic mass is 32.2. The van der Waals surface area contributed by atoms with Crippen molar-refractivity contribution in [1.82, 2.24) is 0 Å². The van der Waals surface area contributed by atoms with Gasteiger partial charge in [-0.05, 0) is 29.0 Å². The van der Waals surface area contributed by atoms with E-state index in [1.807, 2.05) is 36.4 Å². The first-order chi connectivity index (χ1) is 13.4. The van der Waals surface area contributed by atoms with E-state index in [0.717, 1.165) is 33.6 Å². The summed E-state index contributed by atoms with van der Waals surface area (Å²) in [6.45, 7) is 0. The monoisotopic (exact) mass is 394 g/mol. The lowest BCUT2D eigenvalue weighted by Gasteiger charge is -2.11. The summed E-state index contributed by atoms with van der Waals surface area (Å²) < 4.78 is 31.1. The van der Waals surface area contributed by atoms with Gasteiger partial charge in [-0.2, -0.15) is 0 Å². The third kappa shape index (κ3) is 3.70. The van der Waals surface area contributed by atoms with Gasteiger partial charge in [0.25, 0.3) is 0 Å². The van der Waals surface area contributed by atoms with Gasteiger partial charge in [0, 0.05) is 10.9 Å². The number of rotatable bonds is 5. The molecule has 4 rings (SSSR count). The van der Waals surface area contributed by atoms with Crippen LogP contribution in [0, 0.1) is 0 Å². The molecule has 0 atom stereocenters. The topological polar surface area (TPSA) is 88.4 Å². The van der Waals surface area contributed by atoms with Crippen LogP contribution in [-0.4, -0.2) is 20.6 Å². The molecule has 1 amide bonds. The van der Waals surface area contributed by atoms with Gasteiger partial charge in [0.2, 0.25) is 15.9 Å². The number of hydrogen-bond donors (Lipinski definition) is 2. The van der Waals surface area contributed by atoms with Crippen LogP contribution in [0.15, 0.2) is 71.3 Å². The minimum absolute atomic E-state index is 0.105. The van der Waals surface area contributed by atoms with Crippen LogP contribution in [0.2, 0.25) is 0 Å². The highest BCUT2D eigenvalue weighted by Crippen LogP contribution is 2.30. The Morgan fingerprint density at radius 2 is 1.68 bits per heavy atom. The van der Waals surface area contributed by atoms with E-state index in [2.05, 4.69) is 10.0 Å². The lowest BCUT2D eigenvalue weighted by molar-refractivity contribution is -0.115. The Balaban J connectivity index is 1.63. The second-order valence-corrected chi connectivity index (χ2v) is 8.31. The number of anilines is 2. The fraction of sp³-hybridized carbons (Fsp3) is 0.0952. The summed E-state index contributed by atoms with van der Waals surface area (Å²) in [7, 11) is -3.45. The molecule has 0 saturated carbocycles. The molecule has 142 valence electrons. The second kappa shape index (κ2) is 7.01. The van der Waals surface area contributed by atoms with E-state index >= 15 is 0 Å². The number of para-hydroxylation sites is 2. The maximum absolute atomic E-state index is 12.6. The first kappa shape index (κ1) is 18.1. The van der Waals surface area contributed by atoms with Crippen molar-refractivity contribution in [2.24, 2.45) is 0 Å². The van der Waals surface area contributed by atoms with E-state index in [4.69, 9.17) is 4.42 Å². The number of amides is 1. The normalized spacial score (nSPS) is 11.6. The summed E-state index contributed by atoms with van der Waals surface area (Å²) in [6.07, 6.45) is 2.76. The van der Waals surface area contributed by atoms with Gasteiger partial charge in [-0.15, -0.1) is 0 Å². The van der Waals surface area contributed by atoms with Crippen LogP contribution in [0.4, 0.5) is 11.4 Å². The maximum Gasteiger partial charge on any atom is 0.229 e. The van der Waals surface area contributed by atoms with Crippen molar-refractivity contribution in [2.45, 2.75) is 6.42 Å². The smallest absolute Gasteiger partial charge is 0.229 e. The lowest BCUT2D eigenvalue weighted by Crippen LogP contribution is -2.17. The summed E-state index contributed by atoms with van der Waals surface area (Å²) in [6, 6.07) is 18.5. The van der Waals surface area contributed by atoms with Crippen molar-refractivity contribution in [2.75, 3.05) is 16.3 Å². The fourth-order valence-electron chi connectivity index (χ4n) is 3.25. The molecule has 0 aliphatic carbocycles. The van der Waals surface area contributed by atoms with Crippen molar-refractivity contribution in [3.05, 3.63) is 72.5 Å². The number of carbonyl (C=O) groups is 1. The number of sulfonamides is 1. The Morgan fingerprint density at radius 3 is 2.46 bits per heavy atom. The number of fused-ring (bicyclic) bond motifs is 3. The van der Waals surface area contributed by atoms with Crippen molar-refractivity contribution in [3.63, 3.8) is 0 Å². The van der Waals surface area contributed by atoms with Crippen molar-refractivity contribution >= 4 is 49.0 Å². The fourth-order valence-corrected chi connectivity index (χ4v) is 3.83. The molecule has 1 aromatic heterocycles. The first-order valence-corrected chi connectivity index (χ1v) is 10.5. The van der Waals surface area contributed by atoms with Crippen LogP contribution in [0.1, 0.15) is 5.56 Å².